The molecular formula is C18H17F3N4O2. The minimum absolute atomic E-state index is 0.282. The summed E-state index contributed by atoms with van der Waals surface area (Å²) in [5.74, 6) is -0.639. The summed E-state index contributed by atoms with van der Waals surface area (Å²) in [7, 11) is 1.82. The van der Waals surface area contributed by atoms with Gasteiger partial charge in [-0.05, 0) is 43.5 Å². The van der Waals surface area contributed by atoms with E-state index in [2.05, 4.69) is 20.1 Å². The van der Waals surface area contributed by atoms with Gasteiger partial charge in [0, 0.05) is 29.7 Å². The Morgan fingerprint density at radius 1 is 1.33 bits per heavy atom. The number of fused-ring (bicyclic) bond motifs is 1. The van der Waals surface area contributed by atoms with E-state index in [1.165, 1.54) is 24.3 Å². The molecule has 1 aliphatic carbocycles. The average Bonchev–Trinajstić information content (AvgIpc) is 3.15. The molecule has 27 heavy (non-hydrogen) atoms. The predicted molar refractivity (Wildman–Crippen MR) is 91.2 cm³/mol. The van der Waals surface area contributed by atoms with Gasteiger partial charge >= 0.3 is 6.36 Å². The molecule has 1 aliphatic rings. The molecule has 0 radical (unpaired) electrons. The molecular weight excluding hydrogens is 361 g/mol. The minimum atomic E-state index is -4.76. The van der Waals surface area contributed by atoms with Gasteiger partial charge in [0.1, 0.15) is 11.4 Å². The summed E-state index contributed by atoms with van der Waals surface area (Å²) >= 11 is 0. The molecule has 9 heteroatoms. The Morgan fingerprint density at radius 2 is 2.11 bits per heavy atom. The Hall–Kier alpha value is -2.97. The van der Waals surface area contributed by atoms with Gasteiger partial charge < -0.3 is 15.0 Å². The Morgan fingerprint density at radius 3 is 2.70 bits per heavy atom. The Kier molecular flexibility index (Phi) is 3.90. The molecule has 1 fully saturated rings. The molecule has 0 spiro atoms. The summed E-state index contributed by atoms with van der Waals surface area (Å²) < 4.78 is 42.7. The lowest BCUT2D eigenvalue weighted by molar-refractivity contribution is -0.274. The molecule has 0 unspecified atom stereocenters. The fraction of sp³-hybridized carbons (Fsp3) is 0.333. The van der Waals surface area contributed by atoms with Crippen molar-refractivity contribution in [3.05, 3.63) is 47.9 Å². The van der Waals surface area contributed by atoms with E-state index in [9.17, 15) is 18.0 Å². The maximum Gasteiger partial charge on any atom is 0.573 e. The van der Waals surface area contributed by atoms with Gasteiger partial charge in [0.25, 0.3) is 5.91 Å². The van der Waals surface area contributed by atoms with E-state index in [-0.39, 0.29) is 17.4 Å². The van der Waals surface area contributed by atoms with E-state index in [0.29, 0.717) is 10.9 Å². The van der Waals surface area contributed by atoms with Crippen molar-refractivity contribution in [1.29, 1.82) is 0 Å². The van der Waals surface area contributed by atoms with Crippen molar-refractivity contribution < 1.29 is 22.7 Å². The molecule has 1 saturated carbocycles. The van der Waals surface area contributed by atoms with E-state index in [4.69, 9.17) is 0 Å². The Labute approximate surface area is 152 Å². The van der Waals surface area contributed by atoms with Gasteiger partial charge in [-0.25, -0.2) is 0 Å². The van der Waals surface area contributed by atoms with Crippen LogP contribution in [0.25, 0.3) is 10.9 Å². The molecule has 2 heterocycles. The van der Waals surface area contributed by atoms with E-state index < -0.39 is 11.9 Å². The van der Waals surface area contributed by atoms with E-state index in [1.54, 1.807) is 10.9 Å². The van der Waals surface area contributed by atoms with E-state index in [0.717, 1.165) is 24.8 Å². The highest BCUT2D eigenvalue weighted by Crippen LogP contribution is 2.41. The molecule has 0 bridgehead atoms. The van der Waals surface area contributed by atoms with Crippen LogP contribution in [0, 0.1) is 0 Å². The number of aryl methyl sites for hydroxylation is 1. The van der Waals surface area contributed by atoms with Crippen LogP contribution in [0.4, 0.5) is 13.2 Å². The summed E-state index contributed by atoms with van der Waals surface area (Å²) in [6, 6.07) is 5.42. The number of hydrogen-bond acceptors (Lipinski definition) is 3. The summed E-state index contributed by atoms with van der Waals surface area (Å²) in [5.41, 5.74) is 1.33. The number of rotatable bonds is 4. The van der Waals surface area contributed by atoms with Gasteiger partial charge in [0.05, 0.1) is 11.7 Å². The third-order valence-corrected chi connectivity index (χ3v) is 4.89. The molecule has 6 nitrogen and oxygen atoms in total. The molecule has 1 amide bonds. The number of halogens is 3. The van der Waals surface area contributed by atoms with E-state index in [1.807, 2.05) is 13.2 Å². The molecule has 2 N–H and O–H groups in total. The SMILES string of the molecule is Cn1cc(C2(NC(=O)c3cc4cc(OC(F)(F)F)ccc4[nH]3)CCC2)cn1. The third-order valence-electron chi connectivity index (χ3n) is 4.89. The first-order valence-electron chi connectivity index (χ1n) is 8.44. The van der Waals surface area contributed by atoms with Crippen molar-refractivity contribution in [3.63, 3.8) is 0 Å². The minimum Gasteiger partial charge on any atom is -0.406 e. The third kappa shape index (κ3) is 3.36. The second-order valence-electron chi connectivity index (χ2n) is 6.77. The number of benzene rings is 1. The fourth-order valence-corrected chi connectivity index (χ4v) is 3.40. The first-order chi connectivity index (χ1) is 12.7. The lowest BCUT2D eigenvalue weighted by Crippen LogP contribution is -2.50. The molecule has 1 aromatic carbocycles. The zero-order valence-corrected chi connectivity index (χ0v) is 14.4. The summed E-state index contributed by atoms with van der Waals surface area (Å²) in [4.78, 5) is 15.7. The average molecular weight is 378 g/mol. The number of carbonyl (C=O) groups is 1. The molecule has 0 saturated heterocycles. The molecule has 0 aliphatic heterocycles. The van der Waals surface area contributed by atoms with Gasteiger partial charge in [-0.3, -0.25) is 9.48 Å². The lowest BCUT2D eigenvalue weighted by atomic mass is 9.73. The van der Waals surface area contributed by atoms with Crippen LogP contribution in [0.3, 0.4) is 0 Å². The zero-order chi connectivity index (χ0) is 19.2. The van der Waals surface area contributed by atoms with Gasteiger partial charge in [0.2, 0.25) is 0 Å². The standard InChI is InChI=1S/C18H17F3N4O2/c1-25-10-12(9-22-25)17(5-2-6-17)24-16(26)15-8-11-7-13(27-18(19,20)21)3-4-14(11)23-15/h3-4,7-10,23H,2,5-6H2,1H3,(H,24,26). The second-order valence-corrected chi connectivity index (χ2v) is 6.77. The molecule has 3 aromatic rings. The monoisotopic (exact) mass is 378 g/mol. The lowest BCUT2D eigenvalue weighted by Gasteiger charge is -2.41. The van der Waals surface area contributed by atoms with Crippen molar-refractivity contribution in [2.24, 2.45) is 7.05 Å². The zero-order valence-electron chi connectivity index (χ0n) is 14.4. The number of alkyl halides is 3. The number of carbonyl (C=O) groups excluding carboxylic acids is 1. The summed E-state index contributed by atoms with van der Waals surface area (Å²) in [6.45, 7) is 0. The van der Waals surface area contributed by atoms with Crippen LogP contribution in [0.1, 0.15) is 35.3 Å². The summed E-state index contributed by atoms with van der Waals surface area (Å²) in [6.07, 6.45) is 1.49. The Bertz CT molecular complexity index is 1000. The van der Waals surface area contributed by atoms with Gasteiger partial charge in [-0.2, -0.15) is 5.10 Å². The fourth-order valence-electron chi connectivity index (χ4n) is 3.40. The van der Waals surface area contributed by atoms with Crippen LogP contribution in [0.15, 0.2) is 36.7 Å². The van der Waals surface area contributed by atoms with Gasteiger partial charge in [-0.1, -0.05) is 0 Å². The van der Waals surface area contributed by atoms with Crippen LogP contribution in [0.2, 0.25) is 0 Å². The highest BCUT2D eigenvalue weighted by Gasteiger charge is 2.41. The number of H-pyrrole nitrogens is 1. The first-order valence-corrected chi connectivity index (χ1v) is 8.44. The Balaban J connectivity index is 1.57. The number of amides is 1. The number of ether oxygens (including phenoxy) is 1. The number of nitrogens with zero attached hydrogens (tertiary/aromatic N) is 2. The van der Waals surface area contributed by atoms with E-state index >= 15 is 0 Å². The van der Waals surface area contributed by atoms with Crippen LogP contribution in [0.5, 0.6) is 5.75 Å². The van der Waals surface area contributed by atoms with Gasteiger partial charge in [0.15, 0.2) is 0 Å². The molecule has 142 valence electrons. The molecule has 2 aromatic heterocycles. The maximum absolute atomic E-state index is 12.7. The van der Waals surface area contributed by atoms with Crippen molar-refractivity contribution >= 4 is 16.8 Å². The maximum atomic E-state index is 12.7. The number of nitrogens with one attached hydrogen (secondary N) is 2. The first kappa shape index (κ1) is 17.4. The van der Waals surface area contributed by atoms with Crippen molar-refractivity contribution in [2.75, 3.05) is 0 Å². The predicted octanol–water partition coefficient (Wildman–Crippen LogP) is 3.61. The van der Waals surface area contributed by atoms with Crippen LogP contribution >= 0.6 is 0 Å². The van der Waals surface area contributed by atoms with Crippen LogP contribution < -0.4 is 10.1 Å². The smallest absolute Gasteiger partial charge is 0.406 e. The number of aromatic amines is 1. The van der Waals surface area contributed by atoms with Crippen molar-refractivity contribution in [1.82, 2.24) is 20.1 Å². The number of aromatic nitrogens is 3. The van der Waals surface area contributed by atoms with Crippen LogP contribution in [-0.4, -0.2) is 27.0 Å². The normalized spacial score (nSPS) is 16.1. The van der Waals surface area contributed by atoms with Crippen LogP contribution in [-0.2, 0) is 12.6 Å². The highest BCUT2D eigenvalue weighted by molar-refractivity contribution is 5.98. The summed E-state index contributed by atoms with van der Waals surface area (Å²) in [5, 5.41) is 7.69. The second kappa shape index (κ2) is 6.04. The topological polar surface area (TPSA) is 71.9 Å². The van der Waals surface area contributed by atoms with Crippen molar-refractivity contribution in [3.8, 4) is 5.75 Å². The van der Waals surface area contributed by atoms with Crippen molar-refractivity contribution in [2.45, 2.75) is 31.2 Å². The highest BCUT2D eigenvalue weighted by atomic mass is 19.4. The number of hydrogen-bond donors (Lipinski definition) is 2. The molecule has 0 atom stereocenters. The largest absolute Gasteiger partial charge is 0.573 e. The molecule has 4 rings (SSSR count). The quantitative estimate of drug-likeness (QED) is 0.729. The van der Waals surface area contributed by atoms with Gasteiger partial charge in [-0.15, -0.1) is 13.2 Å².